The van der Waals surface area contributed by atoms with E-state index in [-0.39, 0.29) is 11.6 Å². The Balaban J connectivity index is 2.61. The van der Waals surface area contributed by atoms with Gasteiger partial charge in [-0.3, -0.25) is 14.9 Å². The van der Waals surface area contributed by atoms with Crippen LogP contribution in [0.2, 0.25) is 0 Å². The molecule has 0 fully saturated rings. The minimum atomic E-state index is -0.887. The van der Waals surface area contributed by atoms with E-state index in [4.69, 9.17) is 4.74 Å². The molecule has 0 atom stereocenters. The summed E-state index contributed by atoms with van der Waals surface area (Å²) in [7, 11) is 0. The number of carbonyl (C=O) groups excluding carboxylic acids is 4. The highest BCUT2D eigenvalue weighted by molar-refractivity contribution is 6.00. The van der Waals surface area contributed by atoms with Gasteiger partial charge in [-0.2, -0.15) is 0 Å². The van der Waals surface area contributed by atoms with Crippen LogP contribution >= 0.6 is 0 Å². The molecule has 0 heterocycles. The molecule has 1 aromatic carbocycles. The Morgan fingerprint density at radius 1 is 1.08 bits per heavy atom. The van der Waals surface area contributed by atoms with Crippen LogP contribution in [-0.2, 0) is 19.1 Å². The van der Waals surface area contributed by atoms with Gasteiger partial charge in [-0.25, -0.2) is 9.59 Å². The molecule has 0 aliphatic rings. The second-order valence-electron chi connectivity index (χ2n) is 5.88. The summed E-state index contributed by atoms with van der Waals surface area (Å²) in [6.07, 6.45) is 1.43. The fourth-order valence-corrected chi connectivity index (χ4v) is 1.76. The monoisotopic (exact) mass is 361 g/mol. The van der Waals surface area contributed by atoms with Gasteiger partial charge in [-0.15, -0.1) is 0 Å². The summed E-state index contributed by atoms with van der Waals surface area (Å²) in [5, 5.41) is 6.91. The molecule has 140 valence electrons. The van der Waals surface area contributed by atoms with Gasteiger partial charge < -0.3 is 15.4 Å². The quantitative estimate of drug-likeness (QED) is 0.499. The maximum atomic E-state index is 12.1. The van der Waals surface area contributed by atoms with E-state index >= 15 is 0 Å². The summed E-state index contributed by atoms with van der Waals surface area (Å²) < 4.78 is 4.85. The van der Waals surface area contributed by atoms with Crippen LogP contribution < -0.4 is 16.0 Å². The minimum Gasteiger partial charge on any atom is -0.451 e. The van der Waals surface area contributed by atoms with Crippen molar-refractivity contribution in [3.63, 3.8) is 0 Å². The van der Waals surface area contributed by atoms with E-state index in [2.05, 4.69) is 10.6 Å². The number of urea groups is 1. The highest BCUT2D eigenvalue weighted by Crippen LogP contribution is 2.06. The van der Waals surface area contributed by atoms with Crippen molar-refractivity contribution < 1.29 is 23.9 Å². The van der Waals surface area contributed by atoms with Crippen molar-refractivity contribution in [2.24, 2.45) is 5.92 Å². The molecule has 4 amide bonds. The molecule has 0 aromatic heterocycles. The van der Waals surface area contributed by atoms with E-state index in [0.29, 0.717) is 12.1 Å². The zero-order chi connectivity index (χ0) is 19.5. The molecule has 0 saturated heterocycles. The van der Waals surface area contributed by atoms with E-state index in [1.165, 1.54) is 13.0 Å². The number of carbonyl (C=O) groups is 4. The number of imide groups is 1. The number of amides is 4. The van der Waals surface area contributed by atoms with E-state index < -0.39 is 30.4 Å². The van der Waals surface area contributed by atoms with Gasteiger partial charge in [0.25, 0.3) is 5.91 Å². The van der Waals surface area contributed by atoms with Crippen LogP contribution in [0.5, 0.6) is 0 Å². The van der Waals surface area contributed by atoms with Crippen molar-refractivity contribution in [1.82, 2.24) is 16.0 Å². The number of hydrogen-bond acceptors (Lipinski definition) is 5. The highest BCUT2D eigenvalue weighted by Gasteiger charge is 2.16. The summed E-state index contributed by atoms with van der Waals surface area (Å²) in [4.78, 5) is 46.5. The lowest BCUT2D eigenvalue weighted by molar-refractivity contribution is -0.145. The van der Waals surface area contributed by atoms with E-state index in [1.807, 2.05) is 25.2 Å². The zero-order valence-corrected chi connectivity index (χ0v) is 15.0. The maximum Gasteiger partial charge on any atom is 0.355 e. The Morgan fingerprint density at radius 2 is 1.73 bits per heavy atom. The van der Waals surface area contributed by atoms with Crippen molar-refractivity contribution in [2.45, 2.75) is 20.8 Å². The summed E-state index contributed by atoms with van der Waals surface area (Å²) in [6.45, 7) is 4.82. The Kier molecular flexibility index (Phi) is 8.56. The SMILES string of the molecule is CC(=O)N/C(=C\c1ccccc1)C(=O)OCC(=O)NC(=O)NCC(C)C. The molecule has 8 nitrogen and oxygen atoms in total. The third-order valence-corrected chi connectivity index (χ3v) is 2.90. The predicted molar refractivity (Wildman–Crippen MR) is 95.6 cm³/mol. The van der Waals surface area contributed by atoms with Crippen LogP contribution in [0.15, 0.2) is 36.0 Å². The summed E-state index contributed by atoms with van der Waals surface area (Å²) in [6, 6.07) is 8.16. The smallest absolute Gasteiger partial charge is 0.355 e. The van der Waals surface area contributed by atoms with Gasteiger partial charge in [0.1, 0.15) is 5.70 Å². The van der Waals surface area contributed by atoms with Crippen LogP contribution in [0.25, 0.3) is 6.08 Å². The van der Waals surface area contributed by atoms with Crippen LogP contribution in [0.3, 0.4) is 0 Å². The fourth-order valence-electron chi connectivity index (χ4n) is 1.76. The molecule has 3 N–H and O–H groups in total. The van der Waals surface area contributed by atoms with E-state index in [1.54, 1.807) is 24.3 Å². The first-order valence-electron chi connectivity index (χ1n) is 8.07. The first-order chi connectivity index (χ1) is 12.3. The Hall–Kier alpha value is -3.16. The molecule has 0 saturated carbocycles. The topological polar surface area (TPSA) is 114 Å². The molecular weight excluding hydrogens is 338 g/mol. The molecule has 1 rings (SSSR count). The normalized spacial score (nSPS) is 10.8. The molecule has 8 heteroatoms. The third-order valence-electron chi connectivity index (χ3n) is 2.90. The predicted octanol–water partition coefficient (Wildman–Crippen LogP) is 1.19. The van der Waals surface area contributed by atoms with Crippen molar-refractivity contribution in [3.8, 4) is 0 Å². The number of ether oxygens (including phenoxy) is 1. The van der Waals surface area contributed by atoms with Crippen LogP contribution in [0.1, 0.15) is 26.3 Å². The second-order valence-corrected chi connectivity index (χ2v) is 5.88. The molecule has 0 bridgehead atoms. The maximum absolute atomic E-state index is 12.1. The van der Waals surface area contributed by atoms with Crippen LogP contribution in [-0.4, -0.2) is 37.0 Å². The lowest BCUT2D eigenvalue weighted by Gasteiger charge is -2.10. The number of hydrogen-bond donors (Lipinski definition) is 3. The van der Waals surface area contributed by atoms with Crippen LogP contribution in [0.4, 0.5) is 4.79 Å². The van der Waals surface area contributed by atoms with Crippen molar-refractivity contribution >= 4 is 29.9 Å². The standard InChI is InChI=1S/C18H23N3O5/c1-12(2)10-19-18(25)21-16(23)11-26-17(24)15(20-13(3)22)9-14-7-5-4-6-8-14/h4-9,12H,10-11H2,1-3H3,(H,20,22)(H2,19,21,23,25)/b15-9-. The van der Waals surface area contributed by atoms with Crippen molar-refractivity contribution in [1.29, 1.82) is 0 Å². The van der Waals surface area contributed by atoms with Gasteiger partial charge in [0.05, 0.1) is 0 Å². The molecular formula is C18H23N3O5. The molecule has 0 aliphatic carbocycles. The Labute approximate surface area is 152 Å². The molecule has 0 unspecified atom stereocenters. The Bertz CT molecular complexity index is 683. The van der Waals surface area contributed by atoms with Gasteiger partial charge >= 0.3 is 12.0 Å². The van der Waals surface area contributed by atoms with Crippen LogP contribution in [0, 0.1) is 5.92 Å². The second kappa shape index (κ2) is 10.7. The van der Waals surface area contributed by atoms with Gasteiger partial charge in [0.15, 0.2) is 6.61 Å². The van der Waals surface area contributed by atoms with Gasteiger partial charge in [-0.05, 0) is 17.6 Å². The first-order valence-corrected chi connectivity index (χ1v) is 8.07. The lowest BCUT2D eigenvalue weighted by Crippen LogP contribution is -2.42. The van der Waals surface area contributed by atoms with Gasteiger partial charge in [0.2, 0.25) is 5.91 Å². The summed E-state index contributed by atoms with van der Waals surface area (Å²) in [5.41, 5.74) is 0.562. The third kappa shape index (κ3) is 8.62. The summed E-state index contributed by atoms with van der Waals surface area (Å²) >= 11 is 0. The zero-order valence-electron chi connectivity index (χ0n) is 15.0. The molecule has 0 spiro atoms. The van der Waals surface area contributed by atoms with E-state index in [9.17, 15) is 19.2 Å². The largest absolute Gasteiger partial charge is 0.451 e. The summed E-state index contributed by atoms with van der Waals surface area (Å²) in [5.74, 6) is -1.89. The lowest BCUT2D eigenvalue weighted by atomic mass is 10.2. The van der Waals surface area contributed by atoms with Gasteiger partial charge in [0, 0.05) is 13.5 Å². The molecule has 0 radical (unpaired) electrons. The number of rotatable bonds is 7. The minimum absolute atomic E-state index is 0.110. The Morgan fingerprint density at radius 3 is 2.31 bits per heavy atom. The molecule has 0 aliphatic heterocycles. The van der Waals surface area contributed by atoms with E-state index in [0.717, 1.165) is 0 Å². The first kappa shape index (κ1) is 20.9. The van der Waals surface area contributed by atoms with Crippen molar-refractivity contribution in [2.75, 3.05) is 13.2 Å². The average molecular weight is 361 g/mol. The van der Waals surface area contributed by atoms with Gasteiger partial charge in [-0.1, -0.05) is 44.2 Å². The highest BCUT2D eigenvalue weighted by atomic mass is 16.5. The number of benzene rings is 1. The fraction of sp³-hybridized carbons (Fsp3) is 0.333. The molecule has 1 aromatic rings. The molecule has 26 heavy (non-hydrogen) atoms. The average Bonchev–Trinajstić information content (AvgIpc) is 2.58. The van der Waals surface area contributed by atoms with Crippen molar-refractivity contribution in [3.05, 3.63) is 41.6 Å². The number of nitrogens with one attached hydrogen (secondary N) is 3. The number of esters is 1.